The summed E-state index contributed by atoms with van der Waals surface area (Å²) in [6, 6.07) is 16.7. The van der Waals surface area contributed by atoms with Crippen LogP contribution in [0.25, 0.3) is 0 Å². The number of hydrogen-bond acceptors (Lipinski definition) is 3. The topological polar surface area (TPSA) is 66.5 Å². The molecule has 0 aliphatic heterocycles. The molecular weight excluding hydrogens is 324 g/mol. The molecule has 0 heterocycles. The third-order valence-corrected chi connectivity index (χ3v) is 5.41. The monoisotopic (exact) mass is 346 g/mol. The standard InChI is InChI=1S/C18H22N2O3S/c1-15-7-6-10-17(13-15)19-18(21)11-12-24(22,23)20(2)14-16-8-4-3-5-9-16/h3-10,13H,11-12,14H2,1-2H3,(H,19,21). The van der Waals surface area contributed by atoms with Gasteiger partial charge in [-0.2, -0.15) is 0 Å². The summed E-state index contributed by atoms with van der Waals surface area (Å²) in [5.41, 5.74) is 2.62. The summed E-state index contributed by atoms with van der Waals surface area (Å²) in [6.45, 7) is 2.22. The number of aryl methyl sites for hydroxylation is 1. The molecule has 1 N–H and O–H groups in total. The van der Waals surface area contributed by atoms with Crippen molar-refractivity contribution in [2.45, 2.75) is 19.9 Å². The third kappa shape index (κ3) is 5.47. The average Bonchev–Trinajstić information content (AvgIpc) is 2.54. The van der Waals surface area contributed by atoms with Gasteiger partial charge in [0.15, 0.2) is 0 Å². The van der Waals surface area contributed by atoms with E-state index < -0.39 is 10.0 Å². The van der Waals surface area contributed by atoms with Crippen molar-refractivity contribution in [1.29, 1.82) is 0 Å². The summed E-state index contributed by atoms with van der Waals surface area (Å²) < 4.78 is 25.9. The molecule has 0 aromatic heterocycles. The van der Waals surface area contributed by atoms with Crippen LogP contribution >= 0.6 is 0 Å². The van der Waals surface area contributed by atoms with E-state index in [-0.39, 0.29) is 18.1 Å². The van der Waals surface area contributed by atoms with Gasteiger partial charge in [-0.15, -0.1) is 0 Å². The Balaban J connectivity index is 1.88. The first-order valence-electron chi connectivity index (χ1n) is 7.71. The number of anilines is 1. The lowest BCUT2D eigenvalue weighted by Gasteiger charge is -2.17. The first kappa shape index (κ1) is 18.2. The Morgan fingerprint density at radius 3 is 2.46 bits per heavy atom. The second-order valence-electron chi connectivity index (χ2n) is 5.73. The van der Waals surface area contributed by atoms with E-state index in [2.05, 4.69) is 5.32 Å². The molecule has 128 valence electrons. The molecule has 24 heavy (non-hydrogen) atoms. The quantitative estimate of drug-likeness (QED) is 0.838. The first-order chi connectivity index (χ1) is 11.4. The minimum atomic E-state index is -3.48. The molecule has 0 atom stereocenters. The number of carbonyl (C=O) groups excluding carboxylic acids is 1. The van der Waals surface area contributed by atoms with Crippen LogP contribution in [0.3, 0.4) is 0 Å². The van der Waals surface area contributed by atoms with Gasteiger partial charge < -0.3 is 5.32 Å². The fourth-order valence-electron chi connectivity index (χ4n) is 2.26. The van der Waals surface area contributed by atoms with Gasteiger partial charge in [0.05, 0.1) is 5.75 Å². The van der Waals surface area contributed by atoms with Gasteiger partial charge in [0.2, 0.25) is 15.9 Å². The van der Waals surface area contributed by atoms with Crippen LogP contribution in [0.4, 0.5) is 5.69 Å². The second-order valence-corrected chi connectivity index (χ2v) is 7.92. The van der Waals surface area contributed by atoms with Crippen LogP contribution in [-0.4, -0.2) is 31.4 Å². The molecule has 0 spiro atoms. The van der Waals surface area contributed by atoms with E-state index >= 15 is 0 Å². The zero-order valence-corrected chi connectivity index (χ0v) is 14.7. The summed E-state index contributed by atoms with van der Waals surface area (Å²) in [6.07, 6.45) is -0.0740. The van der Waals surface area contributed by atoms with Crippen molar-refractivity contribution < 1.29 is 13.2 Å². The van der Waals surface area contributed by atoms with Gasteiger partial charge in [0, 0.05) is 25.7 Å². The van der Waals surface area contributed by atoms with Crippen LogP contribution in [-0.2, 0) is 21.4 Å². The largest absolute Gasteiger partial charge is 0.326 e. The molecule has 0 aliphatic carbocycles. The lowest BCUT2D eigenvalue weighted by Crippen LogP contribution is -2.30. The van der Waals surface area contributed by atoms with E-state index in [9.17, 15) is 13.2 Å². The number of nitrogens with one attached hydrogen (secondary N) is 1. The number of sulfonamides is 1. The van der Waals surface area contributed by atoms with Crippen molar-refractivity contribution in [3.05, 3.63) is 65.7 Å². The molecule has 0 radical (unpaired) electrons. The molecule has 1 amide bonds. The Morgan fingerprint density at radius 1 is 1.08 bits per heavy atom. The summed E-state index contributed by atoms with van der Waals surface area (Å²) in [5, 5.41) is 2.72. The predicted molar refractivity (Wildman–Crippen MR) is 96.1 cm³/mol. The Kier molecular flexibility index (Phi) is 6.11. The smallest absolute Gasteiger partial charge is 0.225 e. The van der Waals surface area contributed by atoms with Gasteiger partial charge in [0.25, 0.3) is 0 Å². The zero-order valence-electron chi connectivity index (χ0n) is 13.9. The molecule has 6 heteroatoms. The van der Waals surface area contributed by atoms with Crippen LogP contribution in [0.15, 0.2) is 54.6 Å². The lowest BCUT2D eigenvalue weighted by molar-refractivity contribution is -0.115. The van der Waals surface area contributed by atoms with Crippen LogP contribution in [0.2, 0.25) is 0 Å². The highest BCUT2D eigenvalue weighted by Crippen LogP contribution is 2.11. The Bertz CT molecular complexity index is 789. The molecular formula is C18H22N2O3S. The van der Waals surface area contributed by atoms with Crippen molar-refractivity contribution in [3.63, 3.8) is 0 Å². The number of hydrogen-bond donors (Lipinski definition) is 1. The molecule has 0 saturated carbocycles. The summed E-state index contributed by atoms with van der Waals surface area (Å²) >= 11 is 0. The molecule has 0 unspecified atom stereocenters. The van der Waals surface area contributed by atoms with Gasteiger partial charge in [0.1, 0.15) is 0 Å². The molecule has 2 rings (SSSR count). The maximum atomic E-state index is 12.3. The molecule has 0 saturated heterocycles. The maximum Gasteiger partial charge on any atom is 0.225 e. The first-order valence-corrected chi connectivity index (χ1v) is 9.32. The van der Waals surface area contributed by atoms with Crippen molar-refractivity contribution in [3.8, 4) is 0 Å². The normalized spacial score (nSPS) is 11.5. The van der Waals surface area contributed by atoms with Gasteiger partial charge in [-0.05, 0) is 30.2 Å². The lowest BCUT2D eigenvalue weighted by atomic mass is 10.2. The van der Waals surface area contributed by atoms with E-state index in [0.717, 1.165) is 11.1 Å². The summed E-state index contributed by atoms with van der Waals surface area (Å²) in [5.74, 6) is -0.522. The number of amides is 1. The van der Waals surface area contributed by atoms with E-state index in [1.165, 1.54) is 11.4 Å². The van der Waals surface area contributed by atoms with Crippen molar-refractivity contribution >= 4 is 21.6 Å². The van der Waals surface area contributed by atoms with Crippen LogP contribution in [0, 0.1) is 6.92 Å². The van der Waals surface area contributed by atoms with Crippen molar-refractivity contribution in [2.24, 2.45) is 0 Å². The highest BCUT2D eigenvalue weighted by molar-refractivity contribution is 7.89. The summed E-state index contributed by atoms with van der Waals surface area (Å²) in [4.78, 5) is 12.0. The minimum absolute atomic E-state index is 0.0740. The minimum Gasteiger partial charge on any atom is -0.326 e. The van der Waals surface area contributed by atoms with E-state index in [0.29, 0.717) is 12.2 Å². The van der Waals surface area contributed by atoms with E-state index in [4.69, 9.17) is 0 Å². The summed E-state index contributed by atoms with van der Waals surface area (Å²) in [7, 11) is -1.95. The molecule has 2 aromatic rings. The van der Waals surface area contributed by atoms with E-state index in [1.54, 1.807) is 6.07 Å². The fourth-order valence-corrected chi connectivity index (χ4v) is 3.36. The molecule has 0 bridgehead atoms. The maximum absolute atomic E-state index is 12.3. The number of carbonyl (C=O) groups is 1. The SMILES string of the molecule is Cc1cccc(NC(=O)CCS(=O)(=O)N(C)Cc2ccccc2)c1. The fraction of sp³-hybridized carbons (Fsp3) is 0.278. The highest BCUT2D eigenvalue weighted by atomic mass is 32.2. The number of rotatable bonds is 7. The molecule has 2 aromatic carbocycles. The van der Waals surface area contributed by atoms with Gasteiger partial charge >= 0.3 is 0 Å². The zero-order chi connectivity index (χ0) is 17.6. The van der Waals surface area contributed by atoms with Gasteiger partial charge in [-0.1, -0.05) is 42.5 Å². The Labute approximate surface area is 143 Å². The number of nitrogens with zero attached hydrogens (tertiary/aromatic N) is 1. The average molecular weight is 346 g/mol. The van der Waals surface area contributed by atoms with Crippen molar-refractivity contribution in [1.82, 2.24) is 4.31 Å². The van der Waals surface area contributed by atoms with Gasteiger partial charge in [-0.3, -0.25) is 4.79 Å². The van der Waals surface area contributed by atoms with E-state index in [1.807, 2.05) is 55.5 Å². The highest BCUT2D eigenvalue weighted by Gasteiger charge is 2.19. The predicted octanol–water partition coefficient (Wildman–Crippen LogP) is 2.79. The van der Waals surface area contributed by atoms with Crippen LogP contribution in [0.5, 0.6) is 0 Å². The van der Waals surface area contributed by atoms with Gasteiger partial charge in [-0.25, -0.2) is 12.7 Å². The van der Waals surface area contributed by atoms with Crippen LogP contribution in [0.1, 0.15) is 17.5 Å². The number of benzene rings is 2. The molecule has 5 nitrogen and oxygen atoms in total. The third-order valence-electron chi connectivity index (χ3n) is 3.61. The molecule has 0 fully saturated rings. The Hall–Kier alpha value is -2.18. The molecule has 0 aliphatic rings. The van der Waals surface area contributed by atoms with Crippen molar-refractivity contribution in [2.75, 3.05) is 18.1 Å². The second kappa shape index (κ2) is 8.08. The van der Waals surface area contributed by atoms with Crippen LogP contribution < -0.4 is 5.32 Å². The Morgan fingerprint density at radius 2 is 1.79 bits per heavy atom.